The van der Waals surface area contributed by atoms with Crippen molar-refractivity contribution in [1.29, 1.82) is 5.41 Å². The average Bonchev–Trinajstić information content (AvgIpc) is 2.26. The first-order valence-corrected chi connectivity index (χ1v) is 8.34. The van der Waals surface area contributed by atoms with Crippen LogP contribution in [0.2, 0.25) is 0 Å². The molecule has 0 bridgehead atoms. The maximum Gasteiger partial charge on any atom is 0.175 e. The number of benzene rings is 1. The Balaban J connectivity index is 3.28. The van der Waals surface area contributed by atoms with Crippen LogP contribution in [-0.4, -0.2) is 26.2 Å². The largest absolute Gasteiger partial charge is 0.304 e. The zero-order valence-electron chi connectivity index (χ0n) is 12.5. The van der Waals surface area contributed by atoms with Crippen molar-refractivity contribution in [3.05, 3.63) is 29.3 Å². The van der Waals surface area contributed by atoms with Crippen LogP contribution >= 0.6 is 0 Å². The number of carbonyl (C=O) groups excluding carboxylic acids is 1. The molecule has 0 spiro atoms. The fourth-order valence-electron chi connectivity index (χ4n) is 2.34. The summed E-state index contributed by atoms with van der Waals surface area (Å²) in [5.74, 6) is -0.469. The van der Waals surface area contributed by atoms with Crippen molar-refractivity contribution in [3.63, 3.8) is 0 Å². The summed E-state index contributed by atoms with van der Waals surface area (Å²) in [5.41, 5.74) is 1.58. The molecule has 0 heterocycles. The maximum absolute atomic E-state index is 11.7. The predicted molar refractivity (Wildman–Crippen MR) is 80.1 cm³/mol. The number of hydrogen-bond donors (Lipinski definition) is 1. The molecule has 1 N–H and O–H groups in total. The van der Waals surface area contributed by atoms with Crippen LogP contribution in [0.3, 0.4) is 0 Å². The molecule has 0 amide bonds. The number of rotatable bonds is 5. The fraction of sp³-hybridized carbons (Fsp3) is 0.467. The Morgan fingerprint density at radius 2 is 1.80 bits per heavy atom. The van der Waals surface area contributed by atoms with Crippen molar-refractivity contribution in [1.82, 2.24) is 0 Å². The van der Waals surface area contributed by atoms with Gasteiger partial charge in [-0.05, 0) is 43.0 Å². The third-order valence-electron chi connectivity index (χ3n) is 3.33. The van der Waals surface area contributed by atoms with E-state index in [9.17, 15) is 13.2 Å². The summed E-state index contributed by atoms with van der Waals surface area (Å²) in [4.78, 5) is 11.9. The van der Waals surface area contributed by atoms with Gasteiger partial charge in [0.1, 0.15) is 5.78 Å². The predicted octanol–water partition coefficient (Wildman–Crippen LogP) is 2.63. The Hall–Kier alpha value is -1.49. The molecular formula is C15H21NO3S. The molecule has 0 aliphatic rings. The smallest absolute Gasteiger partial charge is 0.175 e. The molecule has 0 aliphatic carbocycles. The summed E-state index contributed by atoms with van der Waals surface area (Å²) < 4.78 is 23.0. The zero-order chi connectivity index (χ0) is 15.7. The van der Waals surface area contributed by atoms with Crippen LogP contribution in [0.15, 0.2) is 23.1 Å². The van der Waals surface area contributed by atoms with E-state index >= 15 is 0 Å². The van der Waals surface area contributed by atoms with Gasteiger partial charge in [0, 0.05) is 12.0 Å². The number of Topliss-reactive ketones (excluding diaryl/α,β-unsaturated/α-hetero) is 1. The lowest BCUT2D eigenvalue weighted by Crippen LogP contribution is -2.27. The van der Waals surface area contributed by atoms with E-state index in [2.05, 4.69) is 0 Å². The lowest BCUT2D eigenvalue weighted by atomic mass is 9.83. The number of hydrogen-bond acceptors (Lipinski definition) is 4. The molecule has 1 aromatic carbocycles. The lowest BCUT2D eigenvalue weighted by molar-refractivity contribution is -0.119. The van der Waals surface area contributed by atoms with Gasteiger partial charge in [0.2, 0.25) is 0 Å². The maximum atomic E-state index is 11.7. The fourth-order valence-corrected chi connectivity index (χ4v) is 3.05. The summed E-state index contributed by atoms with van der Waals surface area (Å²) >= 11 is 0. The number of sulfone groups is 1. The molecule has 4 nitrogen and oxygen atoms in total. The molecule has 1 rings (SSSR count). The van der Waals surface area contributed by atoms with Gasteiger partial charge in [-0.25, -0.2) is 8.42 Å². The van der Waals surface area contributed by atoms with E-state index in [4.69, 9.17) is 5.41 Å². The topological polar surface area (TPSA) is 75.1 Å². The molecule has 5 heteroatoms. The first-order valence-electron chi connectivity index (χ1n) is 6.45. The van der Waals surface area contributed by atoms with Crippen LogP contribution in [0.25, 0.3) is 0 Å². The minimum absolute atomic E-state index is 0.0361. The van der Waals surface area contributed by atoms with Gasteiger partial charge in [-0.2, -0.15) is 0 Å². The Labute approximate surface area is 120 Å². The van der Waals surface area contributed by atoms with Crippen LogP contribution in [0, 0.1) is 24.2 Å². The van der Waals surface area contributed by atoms with Crippen LogP contribution in [-0.2, 0) is 14.6 Å². The SMILES string of the molecule is CC(=O)C(C(=N)c1ccc(S(C)(=O)=O)cc1C)C(C)C. The first kappa shape index (κ1) is 16.6. The van der Waals surface area contributed by atoms with Crippen LogP contribution in [0.1, 0.15) is 31.9 Å². The highest BCUT2D eigenvalue weighted by molar-refractivity contribution is 7.90. The van der Waals surface area contributed by atoms with E-state index in [-0.39, 0.29) is 22.3 Å². The van der Waals surface area contributed by atoms with Gasteiger partial charge in [0.05, 0.1) is 10.8 Å². The highest BCUT2D eigenvalue weighted by Gasteiger charge is 2.25. The highest BCUT2D eigenvalue weighted by Crippen LogP contribution is 2.22. The summed E-state index contributed by atoms with van der Waals surface area (Å²) in [6.07, 6.45) is 1.15. The molecule has 0 aliphatic heterocycles. The second-order valence-electron chi connectivity index (χ2n) is 5.49. The van der Waals surface area contributed by atoms with Crippen molar-refractivity contribution in [2.75, 3.05) is 6.26 Å². The summed E-state index contributed by atoms with van der Waals surface area (Å²) in [6, 6.07) is 4.66. The molecule has 0 saturated heterocycles. The quantitative estimate of drug-likeness (QED) is 0.848. The van der Waals surface area contributed by atoms with Crippen molar-refractivity contribution in [2.24, 2.45) is 11.8 Å². The van der Waals surface area contributed by atoms with Crippen LogP contribution in [0.4, 0.5) is 0 Å². The Bertz CT molecular complexity index is 645. The van der Waals surface area contributed by atoms with Gasteiger partial charge in [0.15, 0.2) is 9.84 Å². The van der Waals surface area contributed by atoms with Crippen molar-refractivity contribution < 1.29 is 13.2 Å². The molecule has 0 saturated carbocycles. The molecule has 0 fully saturated rings. The lowest BCUT2D eigenvalue weighted by Gasteiger charge is -2.20. The summed E-state index contributed by atoms with van der Waals surface area (Å²) in [6.45, 7) is 7.05. The van der Waals surface area contributed by atoms with Gasteiger partial charge < -0.3 is 5.41 Å². The van der Waals surface area contributed by atoms with E-state index < -0.39 is 15.8 Å². The van der Waals surface area contributed by atoms with Crippen LogP contribution < -0.4 is 0 Å². The molecule has 20 heavy (non-hydrogen) atoms. The second kappa shape index (κ2) is 5.87. The van der Waals surface area contributed by atoms with Gasteiger partial charge in [-0.15, -0.1) is 0 Å². The first-order chi connectivity index (χ1) is 9.05. The van der Waals surface area contributed by atoms with Crippen molar-refractivity contribution >= 4 is 21.3 Å². The number of aryl methyl sites for hydroxylation is 1. The summed E-state index contributed by atoms with van der Waals surface area (Å²) in [5, 5.41) is 8.24. The number of carbonyl (C=O) groups is 1. The molecule has 0 radical (unpaired) electrons. The normalized spacial score (nSPS) is 13.3. The molecule has 1 atom stereocenters. The third-order valence-corrected chi connectivity index (χ3v) is 4.44. The Morgan fingerprint density at radius 1 is 1.25 bits per heavy atom. The van der Waals surface area contributed by atoms with Gasteiger partial charge >= 0.3 is 0 Å². The van der Waals surface area contributed by atoms with Crippen LogP contribution in [0.5, 0.6) is 0 Å². The van der Waals surface area contributed by atoms with E-state index in [0.717, 1.165) is 6.26 Å². The average molecular weight is 295 g/mol. The number of ketones is 1. The molecule has 1 aromatic rings. The van der Waals surface area contributed by atoms with Gasteiger partial charge in [-0.1, -0.05) is 19.9 Å². The Morgan fingerprint density at radius 3 is 2.15 bits per heavy atom. The minimum atomic E-state index is -3.26. The highest BCUT2D eigenvalue weighted by atomic mass is 32.2. The second-order valence-corrected chi connectivity index (χ2v) is 7.51. The third kappa shape index (κ3) is 3.54. The molecule has 110 valence electrons. The van der Waals surface area contributed by atoms with Crippen molar-refractivity contribution in [3.8, 4) is 0 Å². The Kier molecular flexibility index (Phi) is 4.86. The minimum Gasteiger partial charge on any atom is -0.304 e. The van der Waals surface area contributed by atoms with Gasteiger partial charge in [-0.3, -0.25) is 4.79 Å². The van der Waals surface area contributed by atoms with E-state index in [1.54, 1.807) is 19.1 Å². The number of nitrogens with one attached hydrogen (secondary N) is 1. The molecule has 1 unspecified atom stereocenters. The molecule has 0 aromatic heterocycles. The van der Waals surface area contributed by atoms with E-state index in [0.29, 0.717) is 11.1 Å². The van der Waals surface area contributed by atoms with E-state index in [1.807, 2.05) is 13.8 Å². The monoisotopic (exact) mass is 295 g/mol. The van der Waals surface area contributed by atoms with Crippen molar-refractivity contribution in [2.45, 2.75) is 32.6 Å². The summed E-state index contributed by atoms with van der Waals surface area (Å²) in [7, 11) is -3.26. The zero-order valence-corrected chi connectivity index (χ0v) is 13.3. The molecular weight excluding hydrogens is 274 g/mol. The van der Waals surface area contributed by atoms with E-state index in [1.165, 1.54) is 13.0 Å². The van der Waals surface area contributed by atoms with Gasteiger partial charge in [0.25, 0.3) is 0 Å². The standard InChI is InChI=1S/C15H21NO3S/c1-9(2)14(11(4)17)15(16)13-7-6-12(8-10(13)3)20(5,18)19/h6-9,14,16H,1-5H3.